The van der Waals surface area contributed by atoms with Crippen molar-refractivity contribution in [2.45, 2.75) is 18.9 Å². The minimum atomic E-state index is 0.118. The van der Waals surface area contributed by atoms with Crippen LogP contribution in [0.25, 0.3) is 0 Å². The van der Waals surface area contributed by atoms with Crippen molar-refractivity contribution in [2.24, 2.45) is 11.8 Å². The molecule has 0 amide bonds. The van der Waals surface area contributed by atoms with Gasteiger partial charge in [-0.1, -0.05) is 6.07 Å². The predicted octanol–water partition coefficient (Wildman–Crippen LogP) is 2.39. The molecule has 0 aliphatic carbocycles. The van der Waals surface area contributed by atoms with Crippen molar-refractivity contribution in [3.8, 4) is 5.75 Å². The van der Waals surface area contributed by atoms with Crippen LogP contribution in [0.15, 0.2) is 22.7 Å². The van der Waals surface area contributed by atoms with Crippen molar-refractivity contribution in [2.75, 3.05) is 20.3 Å². The highest BCUT2D eigenvalue weighted by Gasteiger charge is 2.25. The molecule has 5 heteroatoms. The van der Waals surface area contributed by atoms with Crippen LogP contribution in [0.4, 0.5) is 0 Å². The Balaban J connectivity index is 2.18. The topological polar surface area (TPSA) is 56.5 Å². The summed E-state index contributed by atoms with van der Waals surface area (Å²) >= 11 is 3.50. The van der Waals surface area contributed by atoms with E-state index in [1.807, 2.05) is 12.1 Å². The minimum Gasteiger partial charge on any atom is -0.496 e. The first-order valence-corrected chi connectivity index (χ1v) is 6.93. The molecule has 4 nitrogen and oxygen atoms in total. The van der Waals surface area contributed by atoms with Crippen LogP contribution in [0.2, 0.25) is 0 Å². The molecule has 100 valence electrons. The van der Waals surface area contributed by atoms with Crippen LogP contribution in [0.3, 0.4) is 0 Å². The molecule has 3 N–H and O–H groups in total. The summed E-state index contributed by atoms with van der Waals surface area (Å²) in [6, 6.07) is 6.17. The number of methoxy groups -OCH3 is 1. The van der Waals surface area contributed by atoms with E-state index >= 15 is 0 Å². The van der Waals surface area contributed by atoms with Crippen LogP contribution in [0.5, 0.6) is 5.75 Å². The Morgan fingerprint density at radius 1 is 1.56 bits per heavy atom. The van der Waals surface area contributed by atoms with Gasteiger partial charge in [0.05, 0.1) is 24.2 Å². The largest absolute Gasteiger partial charge is 0.496 e. The fourth-order valence-electron chi connectivity index (χ4n) is 2.41. The third-order valence-corrected chi connectivity index (χ3v) is 4.00. The Kier molecular flexibility index (Phi) is 5.00. The zero-order chi connectivity index (χ0) is 13.0. The van der Waals surface area contributed by atoms with E-state index in [1.165, 1.54) is 0 Å². The maximum absolute atomic E-state index is 5.70. The standard InChI is InChI=1S/C13H19BrN2O2/c1-17-12-5-4-9(7-11(12)14)13(16-15)10-3-2-6-18-8-10/h4-5,7,10,13,16H,2-3,6,8,15H2,1H3. The van der Waals surface area contributed by atoms with Crippen molar-refractivity contribution < 1.29 is 9.47 Å². The Hall–Kier alpha value is -0.620. The molecule has 1 fully saturated rings. The Morgan fingerprint density at radius 2 is 2.39 bits per heavy atom. The van der Waals surface area contributed by atoms with E-state index in [0.717, 1.165) is 41.8 Å². The van der Waals surface area contributed by atoms with Gasteiger partial charge in [-0.2, -0.15) is 0 Å². The third kappa shape index (κ3) is 3.03. The van der Waals surface area contributed by atoms with Gasteiger partial charge in [-0.25, -0.2) is 0 Å². The second-order valence-electron chi connectivity index (χ2n) is 4.52. The van der Waals surface area contributed by atoms with Gasteiger partial charge >= 0.3 is 0 Å². The average Bonchev–Trinajstić information content (AvgIpc) is 2.41. The molecule has 1 saturated heterocycles. The highest BCUT2D eigenvalue weighted by atomic mass is 79.9. The first kappa shape index (κ1) is 13.8. The van der Waals surface area contributed by atoms with Crippen molar-refractivity contribution >= 4 is 15.9 Å². The van der Waals surface area contributed by atoms with E-state index in [-0.39, 0.29) is 6.04 Å². The van der Waals surface area contributed by atoms with Gasteiger partial charge in [0.2, 0.25) is 0 Å². The number of rotatable bonds is 4. The van der Waals surface area contributed by atoms with E-state index in [2.05, 4.69) is 27.4 Å². The van der Waals surface area contributed by atoms with Crippen molar-refractivity contribution in [1.82, 2.24) is 5.43 Å². The van der Waals surface area contributed by atoms with Gasteiger partial charge in [-0.3, -0.25) is 11.3 Å². The van der Waals surface area contributed by atoms with E-state index < -0.39 is 0 Å². The second-order valence-corrected chi connectivity index (χ2v) is 5.37. The SMILES string of the molecule is COc1ccc(C(NN)C2CCCOC2)cc1Br. The molecule has 0 saturated carbocycles. The summed E-state index contributed by atoms with van der Waals surface area (Å²) in [4.78, 5) is 0. The molecular weight excluding hydrogens is 296 g/mol. The summed E-state index contributed by atoms with van der Waals surface area (Å²) in [7, 11) is 1.66. The van der Waals surface area contributed by atoms with Crippen molar-refractivity contribution in [3.05, 3.63) is 28.2 Å². The molecule has 2 unspecified atom stereocenters. The van der Waals surface area contributed by atoms with E-state index in [4.69, 9.17) is 15.3 Å². The van der Waals surface area contributed by atoms with Gasteiger partial charge in [0.25, 0.3) is 0 Å². The number of hydrogen-bond donors (Lipinski definition) is 2. The molecule has 1 aliphatic rings. The number of nitrogens with two attached hydrogens (primary N) is 1. The van der Waals surface area contributed by atoms with Crippen LogP contribution in [-0.2, 0) is 4.74 Å². The molecule has 2 atom stereocenters. The lowest BCUT2D eigenvalue weighted by molar-refractivity contribution is 0.0390. The van der Waals surface area contributed by atoms with Gasteiger partial charge in [-0.05, 0) is 46.5 Å². The summed E-state index contributed by atoms with van der Waals surface area (Å²) in [5.41, 5.74) is 4.06. The fourth-order valence-corrected chi connectivity index (χ4v) is 2.97. The smallest absolute Gasteiger partial charge is 0.133 e. The first-order chi connectivity index (χ1) is 8.76. The number of benzene rings is 1. The Morgan fingerprint density at radius 3 is 2.94 bits per heavy atom. The second kappa shape index (κ2) is 6.52. The van der Waals surface area contributed by atoms with Crippen LogP contribution in [0, 0.1) is 5.92 Å². The Labute approximate surface area is 116 Å². The van der Waals surface area contributed by atoms with E-state index in [9.17, 15) is 0 Å². The summed E-state index contributed by atoms with van der Waals surface area (Å²) in [5, 5.41) is 0. The van der Waals surface area contributed by atoms with Crippen LogP contribution in [0.1, 0.15) is 24.4 Å². The maximum Gasteiger partial charge on any atom is 0.133 e. The normalized spacial score (nSPS) is 21.6. The van der Waals surface area contributed by atoms with Gasteiger partial charge in [0, 0.05) is 12.5 Å². The third-order valence-electron chi connectivity index (χ3n) is 3.38. The first-order valence-electron chi connectivity index (χ1n) is 6.13. The van der Waals surface area contributed by atoms with Gasteiger partial charge in [0.15, 0.2) is 0 Å². The average molecular weight is 315 g/mol. The predicted molar refractivity (Wildman–Crippen MR) is 74.3 cm³/mol. The van der Waals surface area contributed by atoms with Crippen molar-refractivity contribution in [1.29, 1.82) is 0 Å². The lowest BCUT2D eigenvalue weighted by Crippen LogP contribution is -2.37. The van der Waals surface area contributed by atoms with Gasteiger partial charge < -0.3 is 9.47 Å². The van der Waals surface area contributed by atoms with E-state index in [1.54, 1.807) is 7.11 Å². The minimum absolute atomic E-state index is 0.118. The number of nitrogens with one attached hydrogen (secondary N) is 1. The molecule has 1 heterocycles. The fraction of sp³-hybridized carbons (Fsp3) is 0.538. The molecule has 2 rings (SSSR count). The molecule has 1 aromatic carbocycles. The van der Waals surface area contributed by atoms with Gasteiger partial charge in [-0.15, -0.1) is 0 Å². The number of ether oxygens (including phenoxy) is 2. The summed E-state index contributed by atoms with van der Waals surface area (Å²) in [5.74, 6) is 6.95. The quantitative estimate of drug-likeness (QED) is 0.662. The summed E-state index contributed by atoms with van der Waals surface area (Å²) in [6.45, 7) is 1.62. The highest BCUT2D eigenvalue weighted by molar-refractivity contribution is 9.10. The Bertz CT molecular complexity index is 395. The number of hydrogen-bond acceptors (Lipinski definition) is 4. The van der Waals surface area contributed by atoms with Crippen LogP contribution in [-0.4, -0.2) is 20.3 Å². The molecule has 1 aliphatic heterocycles. The molecule has 1 aromatic rings. The lowest BCUT2D eigenvalue weighted by Gasteiger charge is -2.30. The molecule has 18 heavy (non-hydrogen) atoms. The molecule has 0 bridgehead atoms. The van der Waals surface area contributed by atoms with Crippen LogP contribution >= 0.6 is 15.9 Å². The highest BCUT2D eigenvalue weighted by Crippen LogP contribution is 2.33. The zero-order valence-corrected chi connectivity index (χ0v) is 12.1. The summed E-state index contributed by atoms with van der Waals surface area (Å²) in [6.07, 6.45) is 2.23. The van der Waals surface area contributed by atoms with Crippen molar-refractivity contribution in [3.63, 3.8) is 0 Å². The summed E-state index contributed by atoms with van der Waals surface area (Å²) < 4.78 is 11.7. The molecule has 0 radical (unpaired) electrons. The monoisotopic (exact) mass is 314 g/mol. The maximum atomic E-state index is 5.70. The number of hydrazine groups is 1. The van der Waals surface area contributed by atoms with E-state index in [0.29, 0.717) is 5.92 Å². The molecule has 0 spiro atoms. The lowest BCUT2D eigenvalue weighted by atomic mass is 9.89. The molecule has 0 aromatic heterocycles. The zero-order valence-electron chi connectivity index (χ0n) is 10.5. The van der Waals surface area contributed by atoms with Gasteiger partial charge in [0.1, 0.15) is 5.75 Å². The number of halogens is 1. The van der Waals surface area contributed by atoms with Crippen LogP contribution < -0.4 is 16.0 Å². The molecular formula is C13H19BrN2O2.